The second-order valence-electron chi connectivity index (χ2n) is 7.27. The molecule has 2 rings (SSSR count). The van der Waals surface area contributed by atoms with Crippen molar-refractivity contribution in [1.82, 2.24) is 16.0 Å². The van der Waals surface area contributed by atoms with Gasteiger partial charge in [0, 0.05) is 0 Å². The van der Waals surface area contributed by atoms with Crippen molar-refractivity contribution in [2.24, 2.45) is 0 Å². The number of phenolic OH excluding ortho intramolecular Hbond substituents is 2. The molecule has 11 heteroatoms. The van der Waals surface area contributed by atoms with Gasteiger partial charge in [-0.3, -0.25) is 0 Å². The summed E-state index contributed by atoms with van der Waals surface area (Å²) in [6, 6.07) is 7.89. The maximum atomic E-state index is 10.3. The van der Waals surface area contributed by atoms with E-state index in [9.17, 15) is 10.2 Å². The number of halogens is 2. The van der Waals surface area contributed by atoms with E-state index in [1.165, 1.54) is 0 Å². The molecular formula is C20H27B2I2N3O2P2. The third kappa shape index (κ3) is 8.76. The van der Waals surface area contributed by atoms with Gasteiger partial charge in [-0.25, -0.2) is 0 Å². The molecule has 0 radical (unpaired) electrons. The number of benzene rings is 2. The molecular weight excluding hydrogens is 652 g/mol. The van der Waals surface area contributed by atoms with E-state index in [1.807, 2.05) is 38.1 Å². The van der Waals surface area contributed by atoms with Gasteiger partial charge in [-0.1, -0.05) is 0 Å². The van der Waals surface area contributed by atoms with E-state index in [4.69, 9.17) is 14.0 Å². The summed E-state index contributed by atoms with van der Waals surface area (Å²) in [5.41, 5.74) is 3.50. The molecule has 164 valence electrons. The van der Waals surface area contributed by atoms with E-state index in [2.05, 4.69) is 60.0 Å². The summed E-state index contributed by atoms with van der Waals surface area (Å²) in [6.45, 7) is 8.25. The van der Waals surface area contributed by atoms with Crippen LogP contribution in [0.5, 0.6) is 11.5 Å². The van der Waals surface area contributed by atoms with Crippen molar-refractivity contribution in [3.05, 3.63) is 46.5 Å². The monoisotopic (exact) mass is 679 g/mol. The first-order valence-corrected chi connectivity index (χ1v) is 18.3. The van der Waals surface area contributed by atoms with Crippen molar-refractivity contribution in [3.63, 3.8) is 0 Å². The van der Waals surface area contributed by atoms with Crippen molar-refractivity contribution in [2.45, 2.75) is 26.9 Å². The van der Waals surface area contributed by atoms with E-state index in [-0.39, 0.29) is 0 Å². The van der Waals surface area contributed by atoms with E-state index >= 15 is 0 Å². The van der Waals surface area contributed by atoms with Crippen LogP contribution in [0.2, 0.25) is 0 Å². The predicted octanol–water partition coefficient (Wildman–Crippen LogP) is 3.27. The standard InChI is InChI=1S/C20H27B2I2N3O2P2/c1-13-7-17(30(21)23)9-15(19(13)28)11-26-5-3-25-4-6-27-12-16-10-18(31(22)24)8-14(2)20(16)29/h7-10,25-29H,3-6,11-12H2,1-2H3. The summed E-state index contributed by atoms with van der Waals surface area (Å²) in [6.07, 6.45) is 0. The van der Waals surface area contributed by atoms with Crippen LogP contribution in [0.3, 0.4) is 0 Å². The van der Waals surface area contributed by atoms with Gasteiger partial charge in [0.25, 0.3) is 0 Å². The fourth-order valence-electron chi connectivity index (χ4n) is 3.10. The molecule has 5 N–H and O–H groups in total. The second kappa shape index (κ2) is 13.7. The quantitative estimate of drug-likeness (QED) is 0.116. The van der Waals surface area contributed by atoms with Gasteiger partial charge >= 0.3 is 216 Å². The van der Waals surface area contributed by atoms with Crippen LogP contribution in [0.1, 0.15) is 22.3 Å². The van der Waals surface area contributed by atoms with Crippen LogP contribution in [-0.2, 0) is 13.1 Å². The Kier molecular flexibility index (Phi) is 12.1. The Balaban J connectivity index is 1.67. The summed E-state index contributed by atoms with van der Waals surface area (Å²) >= 11 is 4.47. The molecule has 2 aromatic carbocycles. The number of phenols is 2. The first kappa shape index (κ1) is 27.4. The van der Waals surface area contributed by atoms with Crippen LogP contribution < -0.4 is 26.6 Å². The van der Waals surface area contributed by atoms with Gasteiger partial charge in [-0.15, -0.1) is 0 Å². The van der Waals surface area contributed by atoms with Gasteiger partial charge in [-0.2, -0.15) is 0 Å². The minimum atomic E-state index is -0.707. The SMILES string of the molecule is B#P(I)c1cc(C)c(O)c(CNCCNCCNCc2cc(P(#B)I)cc(C)c2O)c1. The zero-order valence-electron chi connectivity index (χ0n) is 17.8. The van der Waals surface area contributed by atoms with Crippen molar-refractivity contribution in [3.8, 4) is 11.5 Å². The molecule has 0 saturated carbocycles. The van der Waals surface area contributed by atoms with Crippen molar-refractivity contribution < 1.29 is 10.2 Å². The third-order valence-corrected chi connectivity index (χ3v) is 9.66. The van der Waals surface area contributed by atoms with E-state index in [0.29, 0.717) is 24.6 Å². The zero-order chi connectivity index (χ0) is 23.0. The Bertz CT molecular complexity index is 985. The van der Waals surface area contributed by atoms with Crippen LogP contribution in [0.25, 0.3) is 0 Å². The van der Waals surface area contributed by atoms with Crippen LogP contribution in [-0.4, -0.2) is 50.4 Å². The van der Waals surface area contributed by atoms with Crippen LogP contribution in [0.4, 0.5) is 0 Å². The predicted molar refractivity (Wildman–Crippen MR) is 155 cm³/mol. The molecule has 5 nitrogen and oxygen atoms in total. The number of aryl methyl sites for hydroxylation is 2. The average Bonchev–Trinajstić information content (AvgIpc) is 2.71. The summed E-state index contributed by atoms with van der Waals surface area (Å²) < 4.78 is 0. The molecule has 0 aliphatic carbocycles. The molecule has 2 atom stereocenters. The topological polar surface area (TPSA) is 76.5 Å². The van der Waals surface area contributed by atoms with E-state index in [0.717, 1.165) is 59.0 Å². The zero-order valence-corrected chi connectivity index (χ0v) is 23.9. The molecule has 0 fully saturated rings. The molecule has 0 saturated heterocycles. The fourth-order valence-corrected chi connectivity index (χ4v) is 5.97. The molecule has 31 heavy (non-hydrogen) atoms. The first-order chi connectivity index (χ1) is 14.7. The summed E-state index contributed by atoms with van der Waals surface area (Å²) in [5, 5.41) is 32.8. The number of hydrogen-bond acceptors (Lipinski definition) is 5. The van der Waals surface area contributed by atoms with E-state index < -0.39 is 9.76 Å². The van der Waals surface area contributed by atoms with Crippen LogP contribution in [0, 0.1) is 13.8 Å². The first-order valence-electron chi connectivity index (χ1n) is 9.89. The molecule has 2 aromatic rings. The van der Waals surface area contributed by atoms with E-state index in [1.54, 1.807) is 0 Å². The van der Waals surface area contributed by atoms with Crippen molar-refractivity contribution in [2.75, 3.05) is 26.2 Å². The number of aromatic hydroxyl groups is 2. The Morgan fingerprint density at radius 3 is 1.42 bits per heavy atom. The summed E-state index contributed by atoms with van der Waals surface area (Å²) in [4.78, 5) is -1.41. The molecule has 0 aliphatic rings. The number of hydrogen-bond donors (Lipinski definition) is 5. The Hall–Kier alpha value is 0.110. The molecule has 0 bridgehead atoms. The van der Waals surface area contributed by atoms with Crippen molar-refractivity contribution in [1.29, 1.82) is 0 Å². The number of rotatable bonds is 10. The van der Waals surface area contributed by atoms with Crippen LogP contribution in [0.15, 0.2) is 24.3 Å². The van der Waals surface area contributed by atoms with Gasteiger partial charge in [0.15, 0.2) is 0 Å². The van der Waals surface area contributed by atoms with Gasteiger partial charge in [0.1, 0.15) is 0 Å². The van der Waals surface area contributed by atoms with Gasteiger partial charge in [0.05, 0.1) is 0 Å². The Labute approximate surface area is 214 Å². The molecule has 2 unspecified atom stereocenters. The molecule has 0 aromatic heterocycles. The molecule has 0 heterocycles. The average molecular weight is 679 g/mol. The summed E-state index contributed by atoms with van der Waals surface area (Å²) in [7, 11) is 12.0. The van der Waals surface area contributed by atoms with Crippen LogP contribution >= 0.6 is 53.8 Å². The maximum absolute atomic E-state index is 10.3. The fraction of sp³-hybridized carbons (Fsp3) is 0.400. The molecule has 0 aliphatic heterocycles. The Morgan fingerprint density at radius 1 is 0.710 bits per heavy atom. The Morgan fingerprint density at radius 2 is 1.06 bits per heavy atom. The summed E-state index contributed by atoms with van der Waals surface area (Å²) in [5.74, 6) is 0.683. The van der Waals surface area contributed by atoms with Gasteiger partial charge < -0.3 is 0 Å². The minimum absolute atomic E-state index is 0.342. The molecule has 0 amide bonds. The molecule has 0 spiro atoms. The second-order valence-corrected chi connectivity index (χ2v) is 15.8. The van der Waals surface area contributed by atoms with Gasteiger partial charge in [0.2, 0.25) is 0 Å². The van der Waals surface area contributed by atoms with Gasteiger partial charge in [-0.05, 0) is 0 Å². The third-order valence-electron chi connectivity index (χ3n) is 4.81. The number of nitrogens with one attached hydrogen (secondary N) is 3. The van der Waals surface area contributed by atoms with Crippen molar-refractivity contribution >= 4 is 78.5 Å². The normalized spacial score (nSPS) is 12.3.